The van der Waals surface area contributed by atoms with Gasteiger partial charge in [-0.25, -0.2) is 19.6 Å². The molecule has 3 fully saturated rings. The minimum absolute atomic E-state index is 0.0649. The van der Waals surface area contributed by atoms with Gasteiger partial charge in [0.15, 0.2) is 11.5 Å². The fourth-order valence-electron chi connectivity index (χ4n) is 11.8. The van der Waals surface area contributed by atoms with Gasteiger partial charge < -0.3 is 48.2 Å². The number of carbonyl (C=O) groups excluding carboxylic acids is 6. The Kier molecular flexibility index (Phi) is 27.9. The van der Waals surface area contributed by atoms with Crippen LogP contribution in [0.1, 0.15) is 145 Å². The van der Waals surface area contributed by atoms with Gasteiger partial charge in [0.2, 0.25) is 11.8 Å². The van der Waals surface area contributed by atoms with E-state index in [0.29, 0.717) is 54.2 Å². The Balaban J connectivity index is 0.000000257. The molecule has 0 saturated carbocycles. The van der Waals surface area contributed by atoms with Gasteiger partial charge >= 0.3 is 178 Å². The first kappa shape index (κ1) is 81.8. The molecule has 10 rings (SSSR count). The summed E-state index contributed by atoms with van der Waals surface area (Å²) in [5.74, 6) is 14.6. The van der Waals surface area contributed by atoms with Crippen LogP contribution < -0.4 is 24.3 Å². The first-order chi connectivity index (χ1) is 51.0. The van der Waals surface area contributed by atoms with E-state index in [-0.39, 0.29) is 53.6 Å². The molecular weight excluding hydrogens is 1460 g/mol. The van der Waals surface area contributed by atoms with Crippen LogP contribution in [0.4, 0.5) is 45.1 Å². The Morgan fingerprint density at radius 2 is 0.794 bits per heavy atom. The molecule has 6 atom stereocenters. The van der Waals surface area contributed by atoms with E-state index in [1.54, 1.807) is 27.1 Å². The number of rotatable bonds is 16. The Hall–Kier alpha value is -10.8. The van der Waals surface area contributed by atoms with Gasteiger partial charge in [-0.05, 0) is 84.4 Å². The van der Waals surface area contributed by atoms with Crippen LogP contribution >= 0.6 is 0 Å². The summed E-state index contributed by atoms with van der Waals surface area (Å²) in [6.07, 6.45) is 14.9. The molecule has 7 aromatic rings. The number of H-pyrrole nitrogens is 3. The summed E-state index contributed by atoms with van der Waals surface area (Å²) in [5.41, 5.74) is -8.12. The number of fused-ring (bicyclic) bond motifs is 2. The van der Waals surface area contributed by atoms with E-state index < -0.39 is 97.1 Å². The summed E-state index contributed by atoms with van der Waals surface area (Å²) in [7, 11) is -9.28. The zero-order valence-electron chi connectivity index (χ0n) is 60.2. The predicted molar refractivity (Wildman–Crippen MR) is 374 cm³/mol. The van der Waals surface area contributed by atoms with E-state index in [1.807, 2.05) is 77.9 Å². The number of nitrogens with zero attached hydrogens (tertiary/aromatic N) is 6. The van der Waals surface area contributed by atoms with Crippen LogP contribution in [0.3, 0.4) is 0 Å². The summed E-state index contributed by atoms with van der Waals surface area (Å²) in [4.78, 5) is 104. The molecule has 6 heterocycles. The molecular formula is C71H78F7N12O15S2+. The maximum atomic E-state index is 13.5. The van der Waals surface area contributed by atoms with Crippen LogP contribution in [0.2, 0.25) is 0 Å². The molecule has 0 unspecified atom stereocenters. The molecule has 6 N–H and O–H groups in total. The van der Waals surface area contributed by atoms with Crippen LogP contribution in [0.25, 0.3) is 21.5 Å². The van der Waals surface area contributed by atoms with Crippen molar-refractivity contribution in [2.75, 3.05) is 48.1 Å². The van der Waals surface area contributed by atoms with Gasteiger partial charge in [0.05, 0.1) is 47.2 Å². The molecule has 36 heteroatoms. The summed E-state index contributed by atoms with van der Waals surface area (Å²) in [6.45, 7) is 13.0. The SMILES string of the molecule is COC(=O)N[C@H](C(=O)N1CCC[C@H]1c1ncc(C#Cc2cccc3c(C#Cc4cnc([C@@H]5CCCN5C(=O)[C@@H](NC(=O)OC)C(C)C)[nH]4)cccc23)[nH]1)C(C)C.O=S(=O)(Oc1cccc2c(OS(=O)(=O)C(F)(F)F)cccc12)C(F)(F)F.[2H]CF.[C+]#Cc1cnc([C@@H]2CCCN2C(=O)[C@@H](NC(=O)OC)C(C)C)[nH]1. The minimum atomic E-state index is -6.05. The zero-order chi connectivity index (χ0) is 79.6. The molecule has 3 aromatic heterocycles. The molecule has 4 aromatic carbocycles. The molecule has 27 nitrogen and oxygen atoms in total. The van der Waals surface area contributed by atoms with E-state index in [9.17, 15) is 76.3 Å². The van der Waals surface area contributed by atoms with Crippen LogP contribution in [-0.4, -0.2) is 175 Å². The normalized spacial score (nSPS) is 16.7. The first-order valence-electron chi connectivity index (χ1n) is 33.7. The molecule has 572 valence electrons. The number of halogens is 7. The third-order valence-corrected chi connectivity index (χ3v) is 19.0. The third kappa shape index (κ3) is 20.6. The van der Waals surface area contributed by atoms with Crippen molar-refractivity contribution in [1.29, 1.82) is 0 Å². The summed E-state index contributed by atoms with van der Waals surface area (Å²) in [6, 6.07) is 14.6. The Morgan fingerprint density at radius 3 is 1.07 bits per heavy atom. The number of hydrogen-bond donors (Lipinski definition) is 6. The number of amides is 6. The van der Waals surface area contributed by atoms with E-state index in [2.05, 4.69) is 88.6 Å². The standard InChI is InChI=1S/C42H48N8O6.C16H20N4O3.C12H6F6O6S2.CH3F/c1-25(2)35(47-41(53)55-5)39(51)49-21-9-15-33(49)37-43-23-29(45-37)19-17-27-11-7-14-32-28(12-8-13-31(27)32)18-20-30-24-44-38(46-30)34-16-10-22-50(34)40(52)36(26(3)4)48-42(54)56-6;1-5-11-9-17-14(18-11)12-7-6-8-20(12)15(21)13(10(2)3)19-16(22)23-4;13-11(14,15)25(19,20)23-9-5-1-3-7-8(9)4-2-6-10(7)24-26(21,22)12(16,17)18;1-2/h7-8,11-14,23-26,33-36H,9-10,15-16,21-22H2,1-6H3,(H,43,45)(H,44,46)(H,47,53)(H,48,54);9-10,12-13H,6-8H2,2-4H3,(H-,17,18,19,22);1-6H;1H3/p+1/t33-,34-,35-,36-;12-,13-;;/m00../s1/i;;;1D. The molecule has 0 radical (unpaired) electrons. The van der Waals surface area contributed by atoms with Crippen LogP contribution in [-0.2, 0) is 48.8 Å². The van der Waals surface area contributed by atoms with Gasteiger partial charge in [-0.3, -0.25) is 14.0 Å². The molecule has 3 saturated heterocycles. The summed E-state index contributed by atoms with van der Waals surface area (Å²) >= 11 is 0. The van der Waals surface area contributed by atoms with Crippen molar-refractivity contribution in [3.8, 4) is 41.1 Å². The number of benzene rings is 4. The number of aromatic nitrogens is 6. The van der Waals surface area contributed by atoms with Crippen LogP contribution in [0, 0.1) is 53.8 Å². The summed E-state index contributed by atoms with van der Waals surface area (Å²) in [5, 5.41) is 9.01. The van der Waals surface area contributed by atoms with Gasteiger partial charge in [-0.1, -0.05) is 88.1 Å². The fraction of sp³-hybridized carbons (Fsp3) is 0.423. The second-order valence-electron chi connectivity index (χ2n) is 25.1. The Labute approximate surface area is 613 Å². The molecule has 0 bridgehead atoms. The van der Waals surface area contributed by atoms with E-state index in [0.717, 1.165) is 96.8 Å². The number of alkyl carbamates (subject to hydrolysis) is 3. The van der Waals surface area contributed by atoms with Crippen molar-refractivity contribution < 1.29 is 100 Å². The molecule has 3 aliphatic rings. The second-order valence-corrected chi connectivity index (χ2v) is 28.2. The zero-order valence-corrected chi connectivity index (χ0v) is 60.8. The molecule has 0 aliphatic carbocycles. The van der Waals surface area contributed by atoms with Gasteiger partial charge in [0.1, 0.15) is 35.1 Å². The number of likely N-dealkylation sites (tertiary alicyclic amines) is 3. The fourth-order valence-corrected chi connectivity index (χ4v) is 12.8. The maximum absolute atomic E-state index is 13.5. The van der Waals surface area contributed by atoms with Crippen molar-refractivity contribution in [2.24, 2.45) is 17.8 Å². The molecule has 6 amide bonds. The van der Waals surface area contributed by atoms with Crippen molar-refractivity contribution >= 4 is 77.8 Å². The topological polar surface area (TPSA) is 349 Å². The van der Waals surface area contributed by atoms with Crippen molar-refractivity contribution in [3.05, 3.63) is 143 Å². The average molecular weight is 1540 g/mol. The number of carbonyl (C=O) groups is 6. The van der Waals surface area contributed by atoms with Crippen molar-refractivity contribution in [3.63, 3.8) is 0 Å². The summed E-state index contributed by atoms with van der Waals surface area (Å²) < 4.78 is 156. The van der Waals surface area contributed by atoms with E-state index >= 15 is 0 Å². The van der Waals surface area contributed by atoms with Gasteiger partial charge in [0.25, 0.3) is 0 Å². The number of nitrogens with one attached hydrogen (secondary N) is 6. The number of imidazole rings is 3. The number of methoxy groups -OCH3 is 3. The number of aromatic amines is 3. The van der Waals surface area contributed by atoms with E-state index in [1.165, 1.54) is 27.5 Å². The molecule has 107 heavy (non-hydrogen) atoms. The quantitative estimate of drug-likeness (QED) is 0.0131. The number of ether oxygens (including phenoxy) is 3. The van der Waals surface area contributed by atoms with Crippen molar-refractivity contribution in [2.45, 2.75) is 127 Å². The second kappa shape index (κ2) is 36.4. The van der Waals surface area contributed by atoms with E-state index in [4.69, 9.17) is 17.3 Å². The number of alkyl halides is 7. The third-order valence-electron chi connectivity index (χ3n) is 17.0. The average Bonchev–Trinajstić information content (AvgIpc) is 1.15. The first-order valence-corrected chi connectivity index (χ1v) is 35.8. The van der Waals surface area contributed by atoms with Crippen molar-refractivity contribution in [1.82, 2.24) is 60.6 Å². The van der Waals surface area contributed by atoms with Gasteiger partial charge in [0, 0.05) is 35.0 Å². The molecule has 3 aliphatic heterocycles. The van der Waals surface area contributed by atoms with Crippen LogP contribution in [0.15, 0.2) is 91.4 Å². The van der Waals surface area contributed by atoms with Gasteiger partial charge in [-0.15, -0.1) is 0 Å². The monoisotopic (exact) mass is 1540 g/mol. The van der Waals surface area contributed by atoms with Gasteiger partial charge in [-0.2, -0.15) is 43.2 Å². The molecule has 0 spiro atoms. The number of hydrogen-bond acceptors (Lipinski definition) is 18. The Bertz CT molecular complexity index is 4550. The van der Waals surface area contributed by atoms with Crippen LogP contribution in [0.5, 0.6) is 11.5 Å². The Morgan fingerprint density at radius 1 is 0.505 bits per heavy atom. The predicted octanol–water partition coefficient (Wildman–Crippen LogP) is 10.4.